The Morgan fingerprint density at radius 3 is 2.07 bits per heavy atom. The highest BCUT2D eigenvalue weighted by molar-refractivity contribution is 6.58. The molecule has 0 radical (unpaired) electrons. The third-order valence-electron chi connectivity index (χ3n) is 1.13. The number of carbonyl (C=O) groups excluding carboxylic acids is 4. The highest BCUT2D eigenvalue weighted by Gasteiger charge is 2.42. The first-order valence-electron chi connectivity index (χ1n) is 3.25. The first-order valence-corrected chi connectivity index (χ1v) is 4.66. The summed E-state index contributed by atoms with van der Waals surface area (Å²) in [5.74, 6) is -5.11. The highest BCUT2D eigenvalue weighted by Crippen LogP contribution is 2.04. The van der Waals surface area contributed by atoms with Crippen molar-refractivity contribution < 1.29 is 37.2 Å². The molecule has 8 nitrogen and oxygen atoms in total. The normalized spacial score (nSPS) is 15.8. The van der Waals surface area contributed by atoms with E-state index < -0.39 is 33.4 Å². The summed E-state index contributed by atoms with van der Waals surface area (Å²) in [4.78, 5) is 42.1. The fourth-order valence-corrected chi connectivity index (χ4v) is 1.52. The zero-order valence-corrected chi connectivity index (χ0v) is 8.00. The van der Waals surface area contributed by atoms with Gasteiger partial charge in [0.2, 0.25) is 0 Å². The molecule has 0 unspecified atom stereocenters. The van der Waals surface area contributed by atoms with Crippen molar-refractivity contribution in [2.24, 2.45) is 0 Å². The summed E-state index contributed by atoms with van der Waals surface area (Å²) in [6, 6.07) is 0. The van der Waals surface area contributed by atoms with Crippen molar-refractivity contribution in [1.29, 1.82) is 0 Å². The van der Waals surface area contributed by atoms with Crippen LogP contribution in [0.2, 0.25) is 0 Å². The van der Waals surface area contributed by atoms with Crippen molar-refractivity contribution >= 4 is 33.4 Å². The van der Waals surface area contributed by atoms with Gasteiger partial charge < -0.3 is 18.0 Å². The predicted molar refractivity (Wildman–Crippen MR) is 37.4 cm³/mol. The van der Waals surface area contributed by atoms with Gasteiger partial charge in [0.25, 0.3) is 0 Å². The number of hydrogen-bond donors (Lipinski definition) is 0. The fraction of sp³-hybridized carbons (Fsp3) is 0.200. The standard InChI is InChI=1S/C5H4O8Si/c1-10-2(6)3(7)11-14-12-4(8)5(9)13-14/h14H,1H3. The van der Waals surface area contributed by atoms with Crippen LogP contribution in [0.3, 0.4) is 0 Å². The number of hydrogen-bond acceptors (Lipinski definition) is 8. The minimum absolute atomic E-state index is 0.970. The quantitative estimate of drug-likeness (QED) is 0.271. The molecule has 0 atom stereocenters. The smallest absolute Gasteiger partial charge is 0.461 e. The summed E-state index contributed by atoms with van der Waals surface area (Å²) in [6.07, 6.45) is 0. The summed E-state index contributed by atoms with van der Waals surface area (Å²) in [6.45, 7) is 0. The SMILES string of the molecule is COC(=O)C(=O)O[SiH]1OC(=O)C(=O)O1. The second-order valence-electron chi connectivity index (χ2n) is 2.00. The lowest BCUT2D eigenvalue weighted by atomic mass is 10.7. The monoisotopic (exact) mass is 220 g/mol. The van der Waals surface area contributed by atoms with E-state index in [0.29, 0.717) is 0 Å². The van der Waals surface area contributed by atoms with E-state index in [0.717, 1.165) is 7.11 Å². The average molecular weight is 220 g/mol. The summed E-state index contributed by atoms with van der Waals surface area (Å²) in [7, 11) is -2.20. The van der Waals surface area contributed by atoms with Crippen molar-refractivity contribution in [3.63, 3.8) is 0 Å². The molecular formula is C5H4O8Si. The van der Waals surface area contributed by atoms with E-state index in [-0.39, 0.29) is 0 Å². The van der Waals surface area contributed by atoms with Crippen molar-refractivity contribution in [3.05, 3.63) is 0 Å². The molecule has 0 bridgehead atoms. The van der Waals surface area contributed by atoms with Gasteiger partial charge in [-0.05, 0) is 0 Å². The third-order valence-corrected chi connectivity index (χ3v) is 2.35. The molecule has 1 heterocycles. The minimum Gasteiger partial charge on any atom is -0.461 e. The van der Waals surface area contributed by atoms with Gasteiger partial charge in [0.05, 0.1) is 7.11 Å². The molecule has 1 aliphatic rings. The summed E-state index contributed by atoms with van der Waals surface area (Å²) in [5, 5.41) is 0. The Labute approximate surface area is 78.6 Å². The molecule has 1 aliphatic heterocycles. The predicted octanol–water partition coefficient (Wildman–Crippen LogP) is -2.48. The van der Waals surface area contributed by atoms with Gasteiger partial charge in [0, 0.05) is 0 Å². The molecule has 14 heavy (non-hydrogen) atoms. The van der Waals surface area contributed by atoms with Gasteiger partial charge in [-0.15, -0.1) is 0 Å². The first kappa shape index (κ1) is 10.2. The van der Waals surface area contributed by atoms with Crippen molar-refractivity contribution in [3.8, 4) is 0 Å². The maximum absolute atomic E-state index is 10.7. The highest BCUT2D eigenvalue weighted by atomic mass is 28.3. The maximum Gasteiger partial charge on any atom is 0.690 e. The summed E-state index contributed by atoms with van der Waals surface area (Å²) in [5.41, 5.74) is 0. The largest absolute Gasteiger partial charge is 0.690 e. The number of ether oxygens (including phenoxy) is 1. The van der Waals surface area contributed by atoms with E-state index in [1.807, 2.05) is 0 Å². The average Bonchev–Trinajstić information content (AvgIpc) is 2.44. The first-order chi connectivity index (χ1) is 6.54. The molecule has 0 aromatic carbocycles. The van der Waals surface area contributed by atoms with Gasteiger partial charge in [0.15, 0.2) is 0 Å². The lowest BCUT2D eigenvalue weighted by Gasteiger charge is -2.04. The van der Waals surface area contributed by atoms with Gasteiger partial charge in [0.1, 0.15) is 0 Å². The molecule has 0 spiro atoms. The lowest BCUT2D eigenvalue weighted by Crippen LogP contribution is -2.29. The van der Waals surface area contributed by atoms with Crippen molar-refractivity contribution in [2.75, 3.05) is 7.11 Å². The van der Waals surface area contributed by atoms with Crippen LogP contribution in [0, 0.1) is 0 Å². The van der Waals surface area contributed by atoms with E-state index in [4.69, 9.17) is 0 Å². The van der Waals surface area contributed by atoms with E-state index in [2.05, 4.69) is 18.0 Å². The van der Waals surface area contributed by atoms with Gasteiger partial charge in [-0.3, -0.25) is 0 Å². The minimum atomic E-state index is -3.17. The Morgan fingerprint density at radius 1 is 1.14 bits per heavy atom. The zero-order chi connectivity index (χ0) is 10.7. The molecule has 0 saturated carbocycles. The van der Waals surface area contributed by atoms with Crippen LogP contribution >= 0.6 is 0 Å². The molecule has 0 aromatic heterocycles. The van der Waals surface area contributed by atoms with E-state index in [1.54, 1.807) is 0 Å². The van der Waals surface area contributed by atoms with E-state index >= 15 is 0 Å². The Kier molecular flexibility index (Phi) is 2.81. The van der Waals surface area contributed by atoms with Gasteiger partial charge in [-0.2, -0.15) is 0 Å². The molecule has 1 fully saturated rings. The van der Waals surface area contributed by atoms with Crippen LogP contribution in [-0.2, 0) is 37.2 Å². The van der Waals surface area contributed by atoms with Crippen molar-refractivity contribution in [1.82, 2.24) is 0 Å². The van der Waals surface area contributed by atoms with Gasteiger partial charge >= 0.3 is 33.4 Å². The summed E-state index contributed by atoms with van der Waals surface area (Å²) >= 11 is 0. The Bertz CT molecular complexity index is 293. The van der Waals surface area contributed by atoms with E-state index in [9.17, 15) is 19.2 Å². The Balaban J connectivity index is 2.47. The van der Waals surface area contributed by atoms with Crippen LogP contribution in [0.5, 0.6) is 0 Å². The Hall–Kier alpha value is -1.90. The second kappa shape index (κ2) is 3.87. The van der Waals surface area contributed by atoms with Gasteiger partial charge in [-0.25, -0.2) is 19.2 Å². The van der Waals surface area contributed by atoms with Crippen LogP contribution in [0.15, 0.2) is 0 Å². The van der Waals surface area contributed by atoms with Crippen LogP contribution < -0.4 is 0 Å². The molecule has 1 rings (SSSR count). The number of esters is 1. The van der Waals surface area contributed by atoms with Crippen LogP contribution in [-0.4, -0.2) is 40.5 Å². The molecular weight excluding hydrogens is 216 g/mol. The molecule has 0 N–H and O–H groups in total. The summed E-state index contributed by atoms with van der Waals surface area (Å²) < 4.78 is 16.7. The number of methoxy groups -OCH3 is 1. The molecule has 0 aromatic rings. The zero-order valence-electron chi connectivity index (χ0n) is 6.84. The lowest BCUT2D eigenvalue weighted by molar-refractivity contribution is -0.162. The second-order valence-corrected chi connectivity index (χ2v) is 3.28. The Morgan fingerprint density at radius 2 is 1.64 bits per heavy atom. The molecule has 9 heteroatoms. The number of rotatable bonds is 1. The maximum atomic E-state index is 10.7. The fourth-order valence-electron chi connectivity index (χ4n) is 0.562. The topological polar surface area (TPSA) is 105 Å². The van der Waals surface area contributed by atoms with Crippen molar-refractivity contribution in [2.45, 2.75) is 0 Å². The van der Waals surface area contributed by atoms with Gasteiger partial charge in [-0.1, -0.05) is 0 Å². The van der Waals surface area contributed by atoms with E-state index in [1.165, 1.54) is 0 Å². The molecule has 0 aliphatic carbocycles. The van der Waals surface area contributed by atoms with Crippen LogP contribution in [0.25, 0.3) is 0 Å². The molecule has 76 valence electrons. The number of carbonyl (C=O) groups is 4. The van der Waals surface area contributed by atoms with Crippen LogP contribution in [0.4, 0.5) is 0 Å². The van der Waals surface area contributed by atoms with Crippen LogP contribution in [0.1, 0.15) is 0 Å². The third kappa shape index (κ3) is 2.07. The molecule has 0 amide bonds. The molecule has 1 saturated heterocycles.